The van der Waals surface area contributed by atoms with Crippen LogP contribution in [0.1, 0.15) is 12.5 Å². The van der Waals surface area contributed by atoms with E-state index in [0.717, 1.165) is 5.56 Å². The lowest BCUT2D eigenvalue weighted by Gasteiger charge is -2.19. The van der Waals surface area contributed by atoms with Crippen LogP contribution < -0.4 is 19.5 Å². The second-order valence-electron chi connectivity index (χ2n) is 6.00. The molecule has 0 radical (unpaired) electrons. The lowest BCUT2D eigenvalue weighted by Crippen LogP contribution is -2.41. The quantitative estimate of drug-likeness (QED) is 0.833. The van der Waals surface area contributed by atoms with Crippen molar-refractivity contribution in [1.82, 2.24) is 4.72 Å². The minimum atomic E-state index is -3.78. The van der Waals surface area contributed by atoms with Gasteiger partial charge in [0.2, 0.25) is 15.9 Å². The molecule has 2 N–H and O–H groups in total. The molecule has 0 saturated carbocycles. The van der Waals surface area contributed by atoms with Crippen molar-refractivity contribution in [3.8, 4) is 11.5 Å². The SMILES string of the molecule is Cc1ccc(S(=O)(=O)N[C@@H](C)C(=O)Nc2ccc3c(c2)OCCO3)cc1. The Morgan fingerprint density at radius 1 is 1.04 bits per heavy atom. The zero-order valence-electron chi connectivity index (χ0n) is 14.5. The summed E-state index contributed by atoms with van der Waals surface area (Å²) in [5.74, 6) is 0.682. The molecule has 1 heterocycles. The Balaban J connectivity index is 1.67. The molecule has 26 heavy (non-hydrogen) atoms. The topological polar surface area (TPSA) is 93.7 Å². The summed E-state index contributed by atoms with van der Waals surface area (Å²) in [7, 11) is -3.78. The standard InChI is InChI=1S/C18H20N2O5S/c1-12-3-6-15(7-4-12)26(22,23)20-13(2)18(21)19-14-5-8-16-17(11-14)25-10-9-24-16/h3-8,11,13,20H,9-10H2,1-2H3,(H,19,21)/t13-/m0/s1. The number of aryl methyl sites for hydroxylation is 1. The number of hydrogen-bond acceptors (Lipinski definition) is 5. The number of carbonyl (C=O) groups excluding carboxylic acids is 1. The summed E-state index contributed by atoms with van der Waals surface area (Å²) in [4.78, 5) is 12.4. The van der Waals surface area contributed by atoms with Gasteiger partial charge in [-0.25, -0.2) is 8.42 Å². The van der Waals surface area contributed by atoms with Crippen LogP contribution in [0.3, 0.4) is 0 Å². The fourth-order valence-electron chi connectivity index (χ4n) is 2.44. The Labute approximate surface area is 152 Å². The number of anilines is 1. The minimum Gasteiger partial charge on any atom is -0.486 e. The zero-order chi connectivity index (χ0) is 18.7. The molecule has 3 rings (SSSR count). The summed E-state index contributed by atoms with van der Waals surface area (Å²) in [5.41, 5.74) is 1.45. The van der Waals surface area contributed by atoms with Crippen molar-refractivity contribution in [2.24, 2.45) is 0 Å². The van der Waals surface area contributed by atoms with Gasteiger partial charge in [-0.15, -0.1) is 0 Å². The van der Waals surface area contributed by atoms with E-state index in [1.807, 2.05) is 6.92 Å². The van der Waals surface area contributed by atoms with Gasteiger partial charge in [0.1, 0.15) is 13.2 Å². The zero-order valence-corrected chi connectivity index (χ0v) is 15.3. The molecule has 0 saturated heterocycles. The predicted molar refractivity (Wildman–Crippen MR) is 97.0 cm³/mol. The molecule has 2 aromatic rings. The molecule has 138 valence electrons. The van der Waals surface area contributed by atoms with E-state index in [-0.39, 0.29) is 4.90 Å². The lowest BCUT2D eigenvalue weighted by molar-refractivity contribution is -0.117. The van der Waals surface area contributed by atoms with Crippen molar-refractivity contribution >= 4 is 21.6 Å². The Bertz CT molecular complexity index is 910. The van der Waals surface area contributed by atoms with Crippen LogP contribution in [0.25, 0.3) is 0 Å². The van der Waals surface area contributed by atoms with Gasteiger partial charge in [0.05, 0.1) is 10.9 Å². The molecule has 1 amide bonds. The third-order valence-electron chi connectivity index (χ3n) is 3.87. The van der Waals surface area contributed by atoms with Gasteiger partial charge in [0.15, 0.2) is 11.5 Å². The first-order valence-electron chi connectivity index (χ1n) is 8.15. The first-order valence-corrected chi connectivity index (χ1v) is 9.63. The minimum absolute atomic E-state index is 0.113. The van der Waals surface area contributed by atoms with Gasteiger partial charge in [-0.05, 0) is 38.1 Å². The number of benzene rings is 2. The van der Waals surface area contributed by atoms with Crippen LogP contribution in [0.2, 0.25) is 0 Å². The van der Waals surface area contributed by atoms with Crippen LogP contribution in [0.15, 0.2) is 47.4 Å². The van der Waals surface area contributed by atoms with Gasteiger partial charge < -0.3 is 14.8 Å². The summed E-state index contributed by atoms with van der Waals surface area (Å²) in [5, 5.41) is 2.67. The number of nitrogens with one attached hydrogen (secondary N) is 2. The number of carbonyl (C=O) groups is 1. The molecule has 2 aromatic carbocycles. The largest absolute Gasteiger partial charge is 0.486 e. The second-order valence-corrected chi connectivity index (χ2v) is 7.72. The van der Waals surface area contributed by atoms with Gasteiger partial charge in [0.25, 0.3) is 0 Å². The molecule has 1 atom stereocenters. The average Bonchev–Trinajstić information content (AvgIpc) is 2.61. The number of sulfonamides is 1. The first-order chi connectivity index (χ1) is 12.3. The van der Waals surface area contributed by atoms with Crippen molar-refractivity contribution < 1.29 is 22.7 Å². The van der Waals surface area contributed by atoms with Gasteiger partial charge in [0, 0.05) is 11.8 Å². The number of rotatable bonds is 5. The van der Waals surface area contributed by atoms with E-state index in [0.29, 0.717) is 30.4 Å². The molecular formula is C18H20N2O5S. The summed E-state index contributed by atoms with van der Waals surface area (Å²) < 4.78 is 38.0. The normalized spacial score (nSPS) is 14.5. The molecule has 7 nitrogen and oxygen atoms in total. The third-order valence-corrected chi connectivity index (χ3v) is 5.42. The van der Waals surface area contributed by atoms with Crippen LogP contribution in [-0.4, -0.2) is 33.6 Å². The molecule has 1 aliphatic heterocycles. The van der Waals surface area contributed by atoms with E-state index in [9.17, 15) is 13.2 Å². The third kappa shape index (κ3) is 4.14. The van der Waals surface area contributed by atoms with Crippen LogP contribution in [0.4, 0.5) is 5.69 Å². The maximum atomic E-state index is 12.4. The van der Waals surface area contributed by atoms with E-state index in [4.69, 9.17) is 9.47 Å². The predicted octanol–water partition coefficient (Wildman–Crippen LogP) is 2.07. The monoisotopic (exact) mass is 376 g/mol. The molecule has 1 aliphatic rings. The molecule has 0 aromatic heterocycles. The van der Waals surface area contributed by atoms with Crippen LogP contribution in [0.5, 0.6) is 11.5 Å². The maximum Gasteiger partial charge on any atom is 0.242 e. The second kappa shape index (κ2) is 7.35. The Kier molecular flexibility index (Phi) is 5.15. The summed E-state index contributed by atoms with van der Waals surface area (Å²) in [6, 6.07) is 10.5. The molecular weight excluding hydrogens is 356 g/mol. The number of hydrogen-bond donors (Lipinski definition) is 2. The summed E-state index contributed by atoms with van der Waals surface area (Å²) in [6.07, 6.45) is 0. The van der Waals surface area contributed by atoms with Crippen molar-refractivity contribution in [2.75, 3.05) is 18.5 Å². The van der Waals surface area contributed by atoms with E-state index in [1.165, 1.54) is 19.1 Å². The fourth-order valence-corrected chi connectivity index (χ4v) is 3.65. The maximum absolute atomic E-state index is 12.4. The molecule has 0 unspecified atom stereocenters. The molecule has 0 spiro atoms. The van der Waals surface area contributed by atoms with E-state index in [1.54, 1.807) is 30.3 Å². The lowest BCUT2D eigenvalue weighted by atomic mass is 10.2. The Morgan fingerprint density at radius 2 is 1.69 bits per heavy atom. The Morgan fingerprint density at radius 3 is 2.38 bits per heavy atom. The molecule has 8 heteroatoms. The van der Waals surface area contributed by atoms with Crippen LogP contribution in [0, 0.1) is 6.92 Å². The fraction of sp³-hybridized carbons (Fsp3) is 0.278. The highest BCUT2D eigenvalue weighted by Crippen LogP contribution is 2.32. The number of amides is 1. The van der Waals surface area contributed by atoms with Crippen molar-refractivity contribution in [2.45, 2.75) is 24.8 Å². The van der Waals surface area contributed by atoms with Crippen molar-refractivity contribution in [3.63, 3.8) is 0 Å². The first kappa shape index (κ1) is 18.2. The number of fused-ring (bicyclic) bond motifs is 1. The number of ether oxygens (including phenoxy) is 2. The van der Waals surface area contributed by atoms with E-state index < -0.39 is 22.0 Å². The van der Waals surface area contributed by atoms with E-state index >= 15 is 0 Å². The van der Waals surface area contributed by atoms with Gasteiger partial charge in [-0.3, -0.25) is 4.79 Å². The average molecular weight is 376 g/mol. The molecule has 0 aliphatic carbocycles. The highest BCUT2D eigenvalue weighted by molar-refractivity contribution is 7.89. The van der Waals surface area contributed by atoms with Gasteiger partial charge in [-0.2, -0.15) is 4.72 Å². The molecule has 0 fully saturated rings. The van der Waals surface area contributed by atoms with Gasteiger partial charge >= 0.3 is 0 Å². The summed E-state index contributed by atoms with van der Waals surface area (Å²) >= 11 is 0. The molecule has 0 bridgehead atoms. The summed E-state index contributed by atoms with van der Waals surface area (Å²) in [6.45, 7) is 4.28. The van der Waals surface area contributed by atoms with Crippen molar-refractivity contribution in [3.05, 3.63) is 48.0 Å². The highest BCUT2D eigenvalue weighted by atomic mass is 32.2. The van der Waals surface area contributed by atoms with Crippen LogP contribution >= 0.6 is 0 Å². The highest BCUT2D eigenvalue weighted by Gasteiger charge is 2.22. The van der Waals surface area contributed by atoms with Crippen molar-refractivity contribution in [1.29, 1.82) is 0 Å². The van der Waals surface area contributed by atoms with Gasteiger partial charge in [-0.1, -0.05) is 17.7 Å². The Hall–Kier alpha value is -2.58. The van der Waals surface area contributed by atoms with Crippen LogP contribution in [-0.2, 0) is 14.8 Å². The van der Waals surface area contributed by atoms with E-state index in [2.05, 4.69) is 10.0 Å². The smallest absolute Gasteiger partial charge is 0.242 e.